The second-order valence-corrected chi connectivity index (χ2v) is 9.97. The van der Waals surface area contributed by atoms with E-state index in [1.54, 1.807) is 11.3 Å². The van der Waals surface area contributed by atoms with Crippen molar-refractivity contribution in [1.29, 1.82) is 0 Å². The van der Waals surface area contributed by atoms with Crippen LogP contribution in [0, 0.1) is 12.8 Å². The average Bonchev–Trinajstić information content (AvgIpc) is 3.25. The number of fused-ring (bicyclic) bond motifs is 1. The van der Waals surface area contributed by atoms with Crippen molar-refractivity contribution in [2.45, 2.75) is 26.2 Å². The van der Waals surface area contributed by atoms with Crippen molar-refractivity contribution >= 4 is 34.4 Å². The molecule has 0 atom stereocenters. The molecule has 1 aromatic carbocycles. The molecule has 1 fully saturated rings. The number of benzene rings is 1. The van der Waals surface area contributed by atoms with E-state index in [9.17, 15) is 0 Å². The van der Waals surface area contributed by atoms with Gasteiger partial charge >= 0.3 is 0 Å². The average molecular weight is 494 g/mol. The van der Waals surface area contributed by atoms with Crippen LogP contribution in [0.4, 0.5) is 0 Å². The number of rotatable bonds is 8. The highest BCUT2D eigenvalue weighted by Gasteiger charge is 2.17. The van der Waals surface area contributed by atoms with Gasteiger partial charge in [-0.15, -0.1) is 0 Å². The van der Waals surface area contributed by atoms with Gasteiger partial charge in [0.05, 0.1) is 42.2 Å². The molecule has 2 aromatic heterocycles. The van der Waals surface area contributed by atoms with Gasteiger partial charge in [-0.2, -0.15) is 5.10 Å². The van der Waals surface area contributed by atoms with Gasteiger partial charge in [0, 0.05) is 37.8 Å². The number of thiocarbonyl (C=S) groups is 1. The first kappa shape index (κ1) is 25.2. The second-order valence-electron chi connectivity index (χ2n) is 9.55. The third kappa shape index (κ3) is 6.22. The molecular weight excluding hydrogens is 458 g/mol. The van der Waals surface area contributed by atoms with Crippen molar-refractivity contribution in [3.8, 4) is 11.4 Å². The predicted molar refractivity (Wildman–Crippen MR) is 146 cm³/mol. The normalized spacial score (nSPS) is 14.9. The smallest absolute Gasteiger partial charge is 0.187 e. The Hall–Kier alpha value is -2.88. The van der Waals surface area contributed by atoms with Crippen LogP contribution in [0.25, 0.3) is 22.3 Å². The van der Waals surface area contributed by atoms with Crippen molar-refractivity contribution in [3.63, 3.8) is 0 Å². The summed E-state index contributed by atoms with van der Waals surface area (Å²) in [6.07, 6.45) is 8.74. The molecule has 2 N–H and O–H groups in total. The summed E-state index contributed by atoms with van der Waals surface area (Å²) in [6, 6.07) is 6.55. The molecule has 0 amide bonds. The number of hydrogen-bond acceptors (Lipinski definition) is 6. The number of aromatic nitrogens is 3. The fraction of sp³-hybridized carbons (Fsp3) is 0.462. The standard InChI is InChI=1S/C26H35N7OS/c1-18-11-23-22(13-20(18)12-19-5-9-34-10-6-19)21(14-24(30-23)25-16-28-17-32(25)4)15-29-33(26(27)35)8-7-31(2)3/h11,13-17,19H,5-10,12H2,1-4H3,(H2,27,35). The summed E-state index contributed by atoms with van der Waals surface area (Å²) in [5.74, 6) is 0.648. The monoisotopic (exact) mass is 493 g/mol. The third-order valence-electron chi connectivity index (χ3n) is 6.58. The molecule has 35 heavy (non-hydrogen) atoms. The Morgan fingerprint density at radius 3 is 2.69 bits per heavy atom. The summed E-state index contributed by atoms with van der Waals surface area (Å²) < 4.78 is 7.53. The minimum Gasteiger partial charge on any atom is -0.381 e. The summed E-state index contributed by atoms with van der Waals surface area (Å²) >= 11 is 5.25. The van der Waals surface area contributed by atoms with E-state index in [1.165, 1.54) is 11.1 Å². The van der Waals surface area contributed by atoms with E-state index in [-0.39, 0.29) is 5.11 Å². The Balaban J connectivity index is 1.77. The van der Waals surface area contributed by atoms with Crippen molar-refractivity contribution in [1.82, 2.24) is 24.4 Å². The molecule has 1 saturated heterocycles. The van der Waals surface area contributed by atoms with Crippen LogP contribution in [0.2, 0.25) is 0 Å². The lowest BCUT2D eigenvalue weighted by molar-refractivity contribution is 0.0665. The lowest BCUT2D eigenvalue weighted by Crippen LogP contribution is -2.36. The van der Waals surface area contributed by atoms with Crippen LogP contribution in [-0.2, 0) is 18.2 Å². The van der Waals surface area contributed by atoms with E-state index < -0.39 is 0 Å². The fourth-order valence-electron chi connectivity index (χ4n) is 4.42. The maximum atomic E-state index is 5.97. The molecule has 9 heteroatoms. The van der Waals surface area contributed by atoms with Crippen LogP contribution >= 0.6 is 12.2 Å². The van der Waals surface area contributed by atoms with Crippen LogP contribution in [0.1, 0.15) is 29.5 Å². The summed E-state index contributed by atoms with van der Waals surface area (Å²) in [5, 5.41) is 7.67. The Bertz CT molecular complexity index is 1210. The Labute approximate surface area is 212 Å². The van der Waals surface area contributed by atoms with Crippen molar-refractivity contribution in [2.24, 2.45) is 23.8 Å². The molecule has 3 aromatic rings. The molecule has 0 saturated carbocycles. The summed E-state index contributed by atoms with van der Waals surface area (Å²) in [7, 11) is 6.00. The molecule has 3 heterocycles. The number of likely N-dealkylation sites (N-methyl/N-ethyl adjacent to an activating group) is 1. The topological polar surface area (TPSA) is 84.8 Å². The zero-order valence-electron chi connectivity index (χ0n) is 21.1. The van der Waals surface area contributed by atoms with E-state index in [1.807, 2.05) is 38.1 Å². The summed E-state index contributed by atoms with van der Waals surface area (Å²) in [4.78, 5) is 11.3. The van der Waals surface area contributed by atoms with Crippen molar-refractivity contribution in [2.75, 3.05) is 40.4 Å². The second kappa shape index (κ2) is 11.2. The fourth-order valence-corrected chi connectivity index (χ4v) is 4.56. The molecule has 1 aliphatic rings. The maximum Gasteiger partial charge on any atom is 0.187 e. The highest BCUT2D eigenvalue weighted by molar-refractivity contribution is 7.80. The van der Waals surface area contributed by atoms with Crippen LogP contribution in [0.15, 0.2) is 35.8 Å². The lowest BCUT2D eigenvalue weighted by atomic mass is 9.89. The quantitative estimate of drug-likeness (QED) is 0.293. The molecule has 0 radical (unpaired) electrons. The third-order valence-corrected chi connectivity index (χ3v) is 6.79. The van der Waals surface area contributed by atoms with Gasteiger partial charge in [-0.25, -0.2) is 15.0 Å². The van der Waals surface area contributed by atoms with Crippen LogP contribution in [0.5, 0.6) is 0 Å². The number of pyridine rings is 1. The SMILES string of the molecule is Cc1cc2nc(-c3cncn3C)cc(C=NN(CCN(C)C)C(N)=S)c2cc1CC1CCOCC1. The molecule has 1 aliphatic heterocycles. The van der Waals surface area contributed by atoms with Gasteiger partial charge < -0.3 is 19.9 Å². The van der Waals surface area contributed by atoms with Gasteiger partial charge in [-0.3, -0.25) is 0 Å². The zero-order valence-corrected chi connectivity index (χ0v) is 21.9. The minimum atomic E-state index is 0.254. The lowest BCUT2D eigenvalue weighted by Gasteiger charge is -2.23. The molecule has 0 spiro atoms. The number of hydrogen-bond donors (Lipinski definition) is 1. The molecule has 8 nitrogen and oxygen atoms in total. The highest BCUT2D eigenvalue weighted by Crippen LogP contribution is 2.29. The Kier molecular flexibility index (Phi) is 8.10. The highest BCUT2D eigenvalue weighted by atomic mass is 32.1. The first-order chi connectivity index (χ1) is 16.8. The number of ether oxygens (including phenoxy) is 1. The van der Waals surface area contributed by atoms with Gasteiger partial charge in [0.15, 0.2) is 5.11 Å². The predicted octanol–water partition coefficient (Wildman–Crippen LogP) is 3.35. The Morgan fingerprint density at radius 1 is 1.26 bits per heavy atom. The molecular formula is C26H35N7OS. The van der Waals surface area contributed by atoms with Gasteiger partial charge in [0.1, 0.15) is 0 Å². The molecule has 186 valence electrons. The number of imidazole rings is 1. The summed E-state index contributed by atoms with van der Waals surface area (Å²) in [6.45, 7) is 5.29. The van der Waals surface area contributed by atoms with E-state index >= 15 is 0 Å². The zero-order chi connectivity index (χ0) is 24.9. The van der Waals surface area contributed by atoms with Crippen molar-refractivity contribution in [3.05, 3.63) is 47.4 Å². The van der Waals surface area contributed by atoms with Gasteiger partial charge in [-0.05, 0) is 87.7 Å². The largest absolute Gasteiger partial charge is 0.381 e. The molecule has 4 rings (SSSR count). The first-order valence-electron chi connectivity index (χ1n) is 12.1. The van der Waals surface area contributed by atoms with Crippen LogP contribution < -0.4 is 5.73 Å². The van der Waals surface area contributed by atoms with E-state index in [4.69, 9.17) is 27.7 Å². The van der Waals surface area contributed by atoms with Gasteiger partial charge in [-0.1, -0.05) is 0 Å². The minimum absolute atomic E-state index is 0.254. The molecule has 0 aliphatic carbocycles. The van der Waals surface area contributed by atoms with Gasteiger partial charge in [0.25, 0.3) is 0 Å². The molecule has 0 bridgehead atoms. The van der Waals surface area contributed by atoms with E-state index in [2.05, 4.69) is 40.1 Å². The first-order valence-corrected chi connectivity index (χ1v) is 12.5. The number of aryl methyl sites for hydroxylation is 2. The maximum absolute atomic E-state index is 5.97. The van der Waals surface area contributed by atoms with Crippen molar-refractivity contribution < 1.29 is 4.74 Å². The van der Waals surface area contributed by atoms with Crippen LogP contribution in [-0.4, -0.2) is 76.2 Å². The van der Waals surface area contributed by atoms with E-state index in [0.717, 1.165) is 66.9 Å². The number of nitrogens with two attached hydrogens (primary N) is 1. The number of nitrogens with zero attached hydrogens (tertiary/aromatic N) is 6. The molecule has 0 unspecified atom stereocenters. The Morgan fingerprint density at radius 2 is 2.03 bits per heavy atom. The van der Waals surface area contributed by atoms with Gasteiger partial charge in [0.2, 0.25) is 0 Å². The van der Waals surface area contributed by atoms with Crippen LogP contribution in [0.3, 0.4) is 0 Å². The number of hydrazone groups is 1. The summed E-state index contributed by atoms with van der Waals surface area (Å²) in [5.41, 5.74) is 12.3. The van der Waals surface area contributed by atoms with E-state index in [0.29, 0.717) is 12.5 Å².